The van der Waals surface area contributed by atoms with Gasteiger partial charge in [0.05, 0.1) is 0 Å². The summed E-state index contributed by atoms with van der Waals surface area (Å²) in [6, 6.07) is 12.6. The summed E-state index contributed by atoms with van der Waals surface area (Å²) < 4.78 is 67.7. The highest BCUT2D eigenvalue weighted by Gasteiger charge is 2.34. The van der Waals surface area contributed by atoms with E-state index in [4.69, 9.17) is 0 Å². The lowest BCUT2D eigenvalue weighted by atomic mass is 10.0. The maximum Gasteiger partial charge on any atom is 0.435 e. The summed E-state index contributed by atoms with van der Waals surface area (Å²) in [5, 5.41) is 7.01. The van der Waals surface area contributed by atoms with Crippen LogP contribution in [0.5, 0.6) is 0 Å². The third-order valence-corrected chi connectivity index (χ3v) is 6.09. The first-order chi connectivity index (χ1) is 15.5. The SMILES string of the molecule is CCSc1cc(-c2ccc(C(C)(F)F)cc2)ccc1-c1nc2cc(C(F)(F)F)nnc2n1C. The second-order valence-electron chi connectivity index (χ2n) is 7.54. The third-order valence-electron chi connectivity index (χ3n) is 5.15. The number of fused-ring (bicyclic) bond motifs is 1. The van der Waals surface area contributed by atoms with E-state index in [1.54, 1.807) is 35.5 Å². The quantitative estimate of drug-likeness (QED) is 0.230. The number of aryl methyl sites for hydroxylation is 1. The highest BCUT2D eigenvalue weighted by Crippen LogP contribution is 2.37. The molecule has 4 rings (SSSR count). The van der Waals surface area contributed by atoms with Crippen molar-refractivity contribution in [2.24, 2.45) is 7.05 Å². The van der Waals surface area contributed by atoms with Crippen molar-refractivity contribution in [1.82, 2.24) is 19.7 Å². The number of thioether (sulfide) groups is 1. The van der Waals surface area contributed by atoms with E-state index in [0.29, 0.717) is 5.82 Å². The van der Waals surface area contributed by atoms with Crippen LogP contribution < -0.4 is 0 Å². The van der Waals surface area contributed by atoms with E-state index in [1.165, 1.54) is 12.1 Å². The van der Waals surface area contributed by atoms with Crippen molar-refractivity contribution in [3.8, 4) is 22.5 Å². The number of nitrogens with zero attached hydrogens (tertiary/aromatic N) is 4. The minimum atomic E-state index is -4.61. The van der Waals surface area contributed by atoms with Crippen LogP contribution in [-0.2, 0) is 19.1 Å². The Bertz CT molecular complexity index is 1310. The van der Waals surface area contributed by atoms with Gasteiger partial charge in [-0.1, -0.05) is 37.3 Å². The van der Waals surface area contributed by atoms with Gasteiger partial charge in [-0.05, 0) is 29.0 Å². The molecule has 0 amide bonds. The van der Waals surface area contributed by atoms with Crippen LogP contribution in [0.15, 0.2) is 53.4 Å². The van der Waals surface area contributed by atoms with Crippen LogP contribution in [0.2, 0.25) is 0 Å². The van der Waals surface area contributed by atoms with E-state index in [-0.39, 0.29) is 16.7 Å². The number of rotatable bonds is 5. The summed E-state index contributed by atoms with van der Waals surface area (Å²) in [6.07, 6.45) is -4.61. The van der Waals surface area contributed by atoms with Crippen molar-refractivity contribution < 1.29 is 22.0 Å². The van der Waals surface area contributed by atoms with Gasteiger partial charge in [-0.25, -0.2) is 13.8 Å². The number of hydrogen-bond donors (Lipinski definition) is 0. The van der Waals surface area contributed by atoms with Crippen LogP contribution in [0.25, 0.3) is 33.7 Å². The van der Waals surface area contributed by atoms with Gasteiger partial charge in [-0.3, -0.25) is 0 Å². The molecule has 0 aliphatic rings. The van der Waals surface area contributed by atoms with E-state index in [1.807, 2.05) is 25.1 Å². The highest BCUT2D eigenvalue weighted by molar-refractivity contribution is 7.99. The zero-order chi connectivity index (χ0) is 24.0. The Kier molecular flexibility index (Phi) is 5.90. The van der Waals surface area contributed by atoms with Gasteiger partial charge in [0, 0.05) is 36.1 Å². The normalized spacial score (nSPS) is 12.5. The zero-order valence-corrected chi connectivity index (χ0v) is 18.7. The molecule has 10 heteroatoms. The molecule has 0 saturated heterocycles. The Morgan fingerprint density at radius 3 is 2.18 bits per heavy atom. The molecule has 0 fully saturated rings. The lowest BCUT2D eigenvalue weighted by molar-refractivity contribution is -0.141. The molecule has 2 heterocycles. The average molecular weight is 478 g/mol. The van der Waals surface area contributed by atoms with Crippen LogP contribution in [0.1, 0.15) is 25.1 Å². The van der Waals surface area contributed by atoms with Crippen molar-refractivity contribution in [2.45, 2.75) is 30.8 Å². The molecule has 4 aromatic rings. The molecule has 4 nitrogen and oxygen atoms in total. The first-order valence-corrected chi connectivity index (χ1v) is 11.0. The molecule has 0 N–H and O–H groups in total. The van der Waals surface area contributed by atoms with Gasteiger partial charge in [0.25, 0.3) is 5.92 Å². The fourth-order valence-electron chi connectivity index (χ4n) is 3.48. The Labute approximate surface area is 190 Å². The maximum absolute atomic E-state index is 13.5. The topological polar surface area (TPSA) is 43.6 Å². The first-order valence-electron chi connectivity index (χ1n) is 10.0. The molecule has 0 aliphatic carbocycles. The van der Waals surface area contributed by atoms with Gasteiger partial charge in [0.1, 0.15) is 11.3 Å². The molecule has 2 aromatic carbocycles. The molecule has 0 atom stereocenters. The summed E-state index contributed by atoms with van der Waals surface area (Å²) in [5.74, 6) is -1.71. The van der Waals surface area contributed by atoms with Gasteiger partial charge in [-0.15, -0.1) is 22.0 Å². The Balaban J connectivity index is 1.78. The predicted molar refractivity (Wildman–Crippen MR) is 118 cm³/mol. The minimum Gasteiger partial charge on any atom is -0.310 e. The fourth-order valence-corrected chi connectivity index (χ4v) is 4.32. The fraction of sp³-hybridized carbons (Fsp3) is 0.261. The van der Waals surface area contributed by atoms with Gasteiger partial charge in [-0.2, -0.15) is 13.2 Å². The van der Waals surface area contributed by atoms with Crippen LogP contribution in [0.4, 0.5) is 22.0 Å². The smallest absolute Gasteiger partial charge is 0.310 e. The van der Waals surface area contributed by atoms with E-state index >= 15 is 0 Å². The molecule has 0 saturated carbocycles. The van der Waals surface area contributed by atoms with Crippen LogP contribution in [-0.4, -0.2) is 25.5 Å². The van der Waals surface area contributed by atoms with E-state index in [9.17, 15) is 22.0 Å². The molecule has 33 heavy (non-hydrogen) atoms. The van der Waals surface area contributed by atoms with Crippen molar-refractivity contribution >= 4 is 22.9 Å². The highest BCUT2D eigenvalue weighted by atomic mass is 32.2. The number of aromatic nitrogens is 4. The van der Waals surface area contributed by atoms with E-state index in [2.05, 4.69) is 15.2 Å². The maximum atomic E-state index is 13.5. The second kappa shape index (κ2) is 8.40. The van der Waals surface area contributed by atoms with Crippen LogP contribution >= 0.6 is 11.8 Å². The molecule has 2 aromatic heterocycles. The van der Waals surface area contributed by atoms with E-state index < -0.39 is 17.8 Å². The lowest BCUT2D eigenvalue weighted by Gasteiger charge is -2.13. The van der Waals surface area contributed by atoms with Crippen LogP contribution in [0.3, 0.4) is 0 Å². The van der Waals surface area contributed by atoms with Crippen LogP contribution in [0, 0.1) is 0 Å². The van der Waals surface area contributed by atoms with Gasteiger partial charge in [0.2, 0.25) is 0 Å². The minimum absolute atomic E-state index is 0.0648. The molecule has 0 unspecified atom stereocenters. The first kappa shape index (κ1) is 23.2. The number of imidazole rings is 1. The van der Waals surface area contributed by atoms with E-state index in [0.717, 1.165) is 40.3 Å². The molecule has 0 radical (unpaired) electrons. The lowest BCUT2D eigenvalue weighted by Crippen LogP contribution is -2.09. The Hall–Kier alpha value is -3.01. The summed E-state index contributed by atoms with van der Waals surface area (Å²) in [7, 11) is 1.67. The molecular weight excluding hydrogens is 459 g/mol. The third kappa shape index (κ3) is 4.57. The summed E-state index contributed by atoms with van der Waals surface area (Å²) in [6.45, 7) is 2.83. The molecule has 172 valence electrons. The number of halogens is 5. The van der Waals surface area contributed by atoms with Crippen molar-refractivity contribution in [1.29, 1.82) is 0 Å². The number of benzene rings is 2. The number of alkyl halides is 5. The molecule has 0 aliphatic heterocycles. The van der Waals surface area contributed by atoms with Crippen molar-refractivity contribution in [3.05, 3.63) is 59.8 Å². The Morgan fingerprint density at radius 1 is 0.909 bits per heavy atom. The zero-order valence-electron chi connectivity index (χ0n) is 17.9. The standard InChI is InChI=1S/C23H19F5N4S/c1-4-33-18-11-14(13-5-8-15(9-6-13)22(2,24)25)7-10-16(18)20-29-17-12-19(23(26,27)28)30-31-21(17)32(20)3/h5-12H,4H2,1-3H3. The summed E-state index contributed by atoms with van der Waals surface area (Å²) >= 11 is 1.55. The largest absolute Gasteiger partial charge is 0.435 e. The van der Waals surface area contributed by atoms with Crippen molar-refractivity contribution in [3.63, 3.8) is 0 Å². The van der Waals surface area contributed by atoms with Gasteiger partial charge < -0.3 is 4.57 Å². The predicted octanol–water partition coefficient (Wildman–Crippen LogP) is 6.94. The van der Waals surface area contributed by atoms with Gasteiger partial charge >= 0.3 is 6.18 Å². The van der Waals surface area contributed by atoms with Gasteiger partial charge in [0.15, 0.2) is 11.3 Å². The summed E-state index contributed by atoms with van der Waals surface area (Å²) in [5.41, 5.74) is 1.52. The monoisotopic (exact) mass is 478 g/mol. The molecule has 0 bridgehead atoms. The van der Waals surface area contributed by atoms with Crippen molar-refractivity contribution in [2.75, 3.05) is 5.75 Å². The average Bonchev–Trinajstić information content (AvgIpc) is 3.08. The Morgan fingerprint density at radius 2 is 1.58 bits per heavy atom. The number of hydrogen-bond acceptors (Lipinski definition) is 4. The molecular formula is C23H19F5N4S. The molecule has 0 spiro atoms. The summed E-state index contributed by atoms with van der Waals surface area (Å²) in [4.78, 5) is 5.27. The second-order valence-corrected chi connectivity index (χ2v) is 8.85.